The maximum atomic E-state index is 11.7. The van der Waals surface area contributed by atoms with Crippen LogP contribution in [0.3, 0.4) is 0 Å². The standard InChI is InChI=1S/C12H15ClN2O2/c1-9(8-16)15(2)12(17)4-3-10-5-6-14-11(13)7-10/h3-7,9,16H,8H2,1-2H3/b4-3+. The van der Waals surface area contributed by atoms with Gasteiger partial charge < -0.3 is 10.0 Å². The molecule has 1 heterocycles. The van der Waals surface area contributed by atoms with Gasteiger partial charge in [-0.15, -0.1) is 0 Å². The third kappa shape index (κ3) is 4.17. The summed E-state index contributed by atoms with van der Waals surface area (Å²) in [5, 5.41) is 9.32. The van der Waals surface area contributed by atoms with Crippen molar-refractivity contribution in [1.29, 1.82) is 0 Å². The minimum absolute atomic E-state index is 0.0584. The average molecular weight is 255 g/mol. The van der Waals surface area contributed by atoms with Gasteiger partial charge in [0, 0.05) is 19.3 Å². The molecule has 1 N–H and O–H groups in total. The van der Waals surface area contributed by atoms with E-state index in [4.69, 9.17) is 16.7 Å². The summed E-state index contributed by atoms with van der Waals surface area (Å²) in [6.45, 7) is 1.71. The maximum absolute atomic E-state index is 11.7. The van der Waals surface area contributed by atoms with Gasteiger partial charge in [-0.05, 0) is 30.7 Å². The van der Waals surface area contributed by atoms with Crippen molar-refractivity contribution in [2.45, 2.75) is 13.0 Å². The Bertz CT molecular complexity index is 421. The van der Waals surface area contributed by atoms with Gasteiger partial charge in [-0.1, -0.05) is 11.6 Å². The minimum atomic E-state index is -0.201. The molecule has 1 unspecified atom stereocenters. The second-order valence-corrected chi connectivity index (χ2v) is 4.11. The monoisotopic (exact) mass is 254 g/mol. The number of carbonyl (C=O) groups excluding carboxylic acids is 1. The minimum Gasteiger partial charge on any atom is -0.394 e. The summed E-state index contributed by atoms with van der Waals surface area (Å²) in [5.74, 6) is -0.167. The van der Waals surface area contributed by atoms with Crippen molar-refractivity contribution >= 4 is 23.6 Å². The van der Waals surface area contributed by atoms with Crippen LogP contribution in [0, 0.1) is 0 Å². The molecule has 1 amide bonds. The summed E-state index contributed by atoms with van der Waals surface area (Å²) in [6.07, 6.45) is 4.68. The van der Waals surface area contributed by atoms with Crippen LogP contribution in [-0.4, -0.2) is 40.6 Å². The first-order valence-corrected chi connectivity index (χ1v) is 5.59. The molecule has 0 radical (unpaired) electrons. The second kappa shape index (κ2) is 6.37. The lowest BCUT2D eigenvalue weighted by Crippen LogP contribution is -2.36. The zero-order valence-corrected chi connectivity index (χ0v) is 10.6. The Morgan fingerprint density at radius 3 is 3.00 bits per heavy atom. The Labute approximate surface area is 106 Å². The highest BCUT2D eigenvalue weighted by molar-refractivity contribution is 6.29. The number of pyridine rings is 1. The van der Waals surface area contributed by atoms with E-state index in [-0.39, 0.29) is 18.6 Å². The predicted molar refractivity (Wildman–Crippen MR) is 67.6 cm³/mol. The second-order valence-electron chi connectivity index (χ2n) is 3.73. The van der Waals surface area contributed by atoms with Crippen molar-refractivity contribution < 1.29 is 9.90 Å². The number of carbonyl (C=O) groups is 1. The van der Waals surface area contributed by atoms with Gasteiger partial charge in [0.05, 0.1) is 12.6 Å². The number of hydrogen-bond donors (Lipinski definition) is 1. The number of nitrogens with zero attached hydrogens (tertiary/aromatic N) is 2. The van der Waals surface area contributed by atoms with Crippen molar-refractivity contribution in [2.75, 3.05) is 13.7 Å². The third-order valence-corrected chi connectivity index (χ3v) is 2.65. The molecule has 0 spiro atoms. The van der Waals surface area contributed by atoms with Gasteiger partial charge in [0.15, 0.2) is 0 Å². The molecule has 1 atom stereocenters. The van der Waals surface area contributed by atoms with Crippen LogP contribution >= 0.6 is 11.6 Å². The highest BCUT2D eigenvalue weighted by atomic mass is 35.5. The maximum Gasteiger partial charge on any atom is 0.246 e. The van der Waals surface area contributed by atoms with E-state index in [1.807, 2.05) is 0 Å². The van der Waals surface area contributed by atoms with E-state index in [0.717, 1.165) is 5.56 Å². The van der Waals surface area contributed by atoms with Gasteiger partial charge in [0.25, 0.3) is 0 Å². The molecule has 0 bridgehead atoms. The summed E-state index contributed by atoms with van der Waals surface area (Å²) in [4.78, 5) is 17.0. The van der Waals surface area contributed by atoms with Crippen LogP contribution < -0.4 is 0 Å². The predicted octanol–water partition coefficient (Wildman–Crippen LogP) is 1.59. The molecule has 1 aromatic rings. The van der Waals surface area contributed by atoms with Crippen LogP contribution in [0.2, 0.25) is 5.15 Å². The molecule has 1 rings (SSSR count). The Morgan fingerprint density at radius 2 is 2.41 bits per heavy atom. The van der Waals surface area contributed by atoms with Gasteiger partial charge in [0.2, 0.25) is 5.91 Å². The lowest BCUT2D eigenvalue weighted by atomic mass is 10.2. The quantitative estimate of drug-likeness (QED) is 0.656. The van der Waals surface area contributed by atoms with Crippen molar-refractivity contribution in [1.82, 2.24) is 9.88 Å². The molecule has 0 aliphatic carbocycles. The fourth-order valence-electron chi connectivity index (χ4n) is 1.15. The number of hydrogen-bond acceptors (Lipinski definition) is 3. The molecular formula is C12H15ClN2O2. The SMILES string of the molecule is CC(CO)N(C)C(=O)/C=C/c1ccnc(Cl)c1. The van der Waals surface area contributed by atoms with Crippen LogP contribution in [0.4, 0.5) is 0 Å². The largest absolute Gasteiger partial charge is 0.394 e. The Morgan fingerprint density at radius 1 is 1.71 bits per heavy atom. The van der Waals surface area contributed by atoms with E-state index in [1.165, 1.54) is 11.0 Å². The van der Waals surface area contributed by atoms with E-state index in [9.17, 15) is 4.79 Å². The van der Waals surface area contributed by atoms with Gasteiger partial charge in [0.1, 0.15) is 5.15 Å². The lowest BCUT2D eigenvalue weighted by molar-refractivity contribution is -0.127. The molecule has 0 aliphatic rings. The van der Waals surface area contributed by atoms with Crippen LogP contribution in [0.15, 0.2) is 24.4 Å². The first-order valence-electron chi connectivity index (χ1n) is 5.22. The first-order chi connectivity index (χ1) is 8.04. The summed E-state index contributed by atoms with van der Waals surface area (Å²) >= 11 is 5.72. The Balaban J connectivity index is 2.68. The average Bonchev–Trinajstić information content (AvgIpc) is 2.34. The molecule has 1 aromatic heterocycles. The van der Waals surface area contributed by atoms with E-state index in [1.54, 1.807) is 38.4 Å². The fraction of sp³-hybridized carbons (Fsp3) is 0.333. The molecule has 0 fully saturated rings. The topological polar surface area (TPSA) is 53.4 Å². The van der Waals surface area contributed by atoms with Crippen molar-refractivity contribution in [2.24, 2.45) is 0 Å². The number of aliphatic hydroxyl groups is 1. The third-order valence-electron chi connectivity index (χ3n) is 2.44. The molecule has 0 aliphatic heterocycles. The van der Waals surface area contributed by atoms with Gasteiger partial charge in [-0.3, -0.25) is 4.79 Å². The highest BCUT2D eigenvalue weighted by Gasteiger charge is 2.11. The van der Waals surface area contributed by atoms with E-state index in [0.29, 0.717) is 5.15 Å². The summed E-state index contributed by atoms with van der Waals surface area (Å²) < 4.78 is 0. The van der Waals surface area contributed by atoms with Gasteiger partial charge in [-0.25, -0.2) is 4.98 Å². The molecule has 92 valence electrons. The number of halogens is 1. The number of rotatable bonds is 4. The lowest BCUT2D eigenvalue weighted by Gasteiger charge is -2.21. The number of aromatic nitrogens is 1. The first kappa shape index (κ1) is 13.7. The molecule has 17 heavy (non-hydrogen) atoms. The highest BCUT2D eigenvalue weighted by Crippen LogP contribution is 2.09. The number of amides is 1. The van der Waals surface area contributed by atoms with E-state index >= 15 is 0 Å². The molecular weight excluding hydrogens is 240 g/mol. The summed E-state index contributed by atoms with van der Waals surface area (Å²) in [6, 6.07) is 3.22. The molecule has 5 heteroatoms. The van der Waals surface area contributed by atoms with Crippen molar-refractivity contribution in [3.8, 4) is 0 Å². The van der Waals surface area contributed by atoms with Gasteiger partial charge in [-0.2, -0.15) is 0 Å². The van der Waals surface area contributed by atoms with Crippen LogP contribution in [0.5, 0.6) is 0 Å². The normalized spacial score (nSPS) is 12.7. The molecule has 0 aromatic carbocycles. The number of likely N-dealkylation sites (N-methyl/N-ethyl adjacent to an activating group) is 1. The van der Waals surface area contributed by atoms with Crippen molar-refractivity contribution in [3.05, 3.63) is 35.1 Å². The molecule has 0 saturated carbocycles. The zero-order chi connectivity index (χ0) is 12.8. The molecule has 4 nitrogen and oxygen atoms in total. The zero-order valence-electron chi connectivity index (χ0n) is 9.80. The fourth-order valence-corrected chi connectivity index (χ4v) is 1.33. The van der Waals surface area contributed by atoms with Crippen LogP contribution in [0.25, 0.3) is 6.08 Å². The summed E-state index contributed by atoms with van der Waals surface area (Å²) in [5.41, 5.74) is 0.809. The molecule has 0 saturated heterocycles. The van der Waals surface area contributed by atoms with Crippen molar-refractivity contribution in [3.63, 3.8) is 0 Å². The van der Waals surface area contributed by atoms with E-state index < -0.39 is 0 Å². The number of aliphatic hydroxyl groups excluding tert-OH is 1. The van der Waals surface area contributed by atoms with Crippen LogP contribution in [-0.2, 0) is 4.79 Å². The van der Waals surface area contributed by atoms with Crippen LogP contribution in [0.1, 0.15) is 12.5 Å². The Kier molecular flexibility index (Phi) is 5.12. The summed E-state index contributed by atoms with van der Waals surface area (Å²) in [7, 11) is 1.65. The van der Waals surface area contributed by atoms with Gasteiger partial charge >= 0.3 is 0 Å². The van der Waals surface area contributed by atoms with E-state index in [2.05, 4.69) is 4.98 Å². The smallest absolute Gasteiger partial charge is 0.246 e. The Hall–Kier alpha value is -1.39.